The van der Waals surface area contributed by atoms with Gasteiger partial charge in [-0.15, -0.1) is 0 Å². The minimum Gasteiger partial charge on any atom is -0.481 e. The lowest BCUT2D eigenvalue weighted by atomic mass is 10.1. The summed E-state index contributed by atoms with van der Waals surface area (Å²) in [5.74, 6) is -1.05. The number of carboxylic acid groups (broad SMARTS) is 1. The zero-order valence-corrected chi connectivity index (χ0v) is 13.7. The van der Waals surface area contributed by atoms with E-state index in [1.54, 1.807) is 17.0 Å². The van der Waals surface area contributed by atoms with Crippen LogP contribution in [0.2, 0.25) is 0 Å². The number of hydrogen-bond donors (Lipinski definition) is 1. The molecule has 5 heteroatoms. The van der Waals surface area contributed by atoms with Crippen LogP contribution in [0.15, 0.2) is 24.3 Å². The number of nitrogens with zero attached hydrogens (tertiary/aromatic N) is 1. The van der Waals surface area contributed by atoms with Crippen molar-refractivity contribution in [3.8, 4) is 0 Å². The topological polar surface area (TPSA) is 66.8 Å². The molecular weight excluding hydrogens is 282 g/mol. The van der Waals surface area contributed by atoms with Crippen LogP contribution in [0.1, 0.15) is 50.0 Å². The van der Waals surface area contributed by atoms with Crippen molar-refractivity contribution in [2.24, 2.45) is 0 Å². The molecule has 0 atom stereocenters. The van der Waals surface area contributed by atoms with Gasteiger partial charge in [0.2, 0.25) is 0 Å². The van der Waals surface area contributed by atoms with E-state index in [9.17, 15) is 9.59 Å². The van der Waals surface area contributed by atoms with E-state index >= 15 is 0 Å². The van der Waals surface area contributed by atoms with E-state index in [4.69, 9.17) is 9.84 Å². The Balaban J connectivity index is 2.75. The number of carbonyl (C=O) groups is 2. The highest BCUT2D eigenvalue weighted by Gasteiger charge is 2.19. The smallest absolute Gasteiger partial charge is 0.305 e. The quantitative estimate of drug-likeness (QED) is 0.802. The number of aliphatic carboxylic acids is 1. The average Bonchev–Trinajstić information content (AvgIpc) is 2.45. The van der Waals surface area contributed by atoms with Crippen molar-refractivity contribution in [3.63, 3.8) is 0 Å². The largest absolute Gasteiger partial charge is 0.481 e. The van der Waals surface area contributed by atoms with E-state index in [0.717, 1.165) is 5.56 Å². The molecule has 0 saturated carbocycles. The van der Waals surface area contributed by atoms with E-state index < -0.39 is 5.97 Å². The SMILES string of the molecule is CC(C)OCc1ccc(C(=O)N(CCC(=O)O)C(C)C)cc1. The van der Waals surface area contributed by atoms with E-state index in [1.165, 1.54) is 0 Å². The number of carboxylic acids is 1. The zero-order chi connectivity index (χ0) is 16.7. The third-order valence-electron chi connectivity index (χ3n) is 3.23. The van der Waals surface area contributed by atoms with Gasteiger partial charge in [-0.05, 0) is 45.4 Å². The van der Waals surface area contributed by atoms with Gasteiger partial charge in [0.1, 0.15) is 0 Å². The maximum absolute atomic E-state index is 12.5. The lowest BCUT2D eigenvalue weighted by Gasteiger charge is -2.26. The number of ether oxygens (including phenoxy) is 1. The lowest BCUT2D eigenvalue weighted by molar-refractivity contribution is -0.137. The maximum atomic E-state index is 12.5. The first-order chi connectivity index (χ1) is 10.3. The lowest BCUT2D eigenvalue weighted by Crippen LogP contribution is -2.38. The molecule has 0 aromatic heterocycles. The van der Waals surface area contributed by atoms with Gasteiger partial charge in [0.15, 0.2) is 0 Å². The Labute approximate surface area is 131 Å². The standard InChI is InChI=1S/C17H25NO4/c1-12(2)18(10-9-16(19)20)17(21)15-7-5-14(6-8-15)11-22-13(3)4/h5-8,12-13H,9-11H2,1-4H3,(H,19,20). The predicted octanol–water partition coefficient (Wildman–Crippen LogP) is 2.94. The second kappa shape index (κ2) is 8.54. The summed E-state index contributed by atoms with van der Waals surface area (Å²) in [6.45, 7) is 8.43. The highest BCUT2D eigenvalue weighted by molar-refractivity contribution is 5.94. The van der Waals surface area contributed by atoms with Crippen LogP contribution < -0.4 is 0 Å². The molecule has 22 heavy (non-hydrogen) atoms. The monoisotopic (exact) mass is 307 g/mol. The van der Waals surface area contributed by atoms with Crippen LogP contribution in [0.3, 0.4) is 0 Å². The van der Waals surface area contributed by atoms with Gasteiger partial charge in [0.25, 0.3) is 5.91 Å². The second-order valence-electron chi connectivity index (χ2n) is 5.79. The van der Waals surface area contributed by atoms with Crippen molar-refractivity contribution < 1.29 is 19.4 Å². The van der Waals surface area contributed by atoms with Gasteiger partial charge in [-0.25, -0.2) is 0 Å². The highest BCUT2D eigenvalue weighted by Crippen LogP contribution is 2.12. The zero-order valence-electron chi connectivity index (χ0n) is 13.7. The molecule has 1 aromatic carbocycles. The van der Waals surface area contributed by atoms with Gasteiger partial charge in [0.05, 0.1) is 19.1 Å². The first-order valence-electron chi connectivity index (χ1n) is 7.54. The molecule has 0 spiro atoms. The minimum atomic E-state index is -0.903. The van der Waals surface area contributed by atoms with Gasteiger partial charge < -0.3 is 14.7 Å². The molecule has 0 radical (unpaired) electrons. The highest BCUT2D eigenvalue weighted by atomic mass is 16.5. The fourth-order valence-electron chi connectivity index (χ4n) is 1.98. The summed E-state index contributed by atoms with van der Waals surface area (Å²) in [4.78, 5) is 24.8. The van der Waals surface area contributed by atoms with E-state index in [0.29, 0.717) is 12.2 Å². The molecule has 0 unspecified atom stereocenters. The summed E-state index contributed by atoms with van der Waals surface area (Å²) >= 11 is 0. The Morgan fingerprint density at radius 3 is 2.18 bits per heavy atom. The van der Waals surface area contributed by atoms with Gasteiger partial charge in [-0.2, -0.15) is 0 Å². The summed E-state index contributed by atoms with van der Waals surface area (Å²) < 4.78 is 5.52. The van der Waals surface area contributed by atoms with Crippen molar-refractivity contribution in [1.82, 2.24) is 4.90 Å². The Bertz CT molecular complexity index is 494. The Morgan fingerprint density at radius 1 is 1.14 bits per heavy atom. The molecule has 0 aliphatic heterocycles. The first-order valence-corrected chi connectivity index (χ1v) is 7.54. The molecule has 1 amide bonds. The fourth-order valence-corrected chi connectivity index (χ4v) is 1.98. The molecule has 0 fully saturated rings. The number of hydrogen-bond acceptors (Lipinski definition) is 3. The normalized spacial score (nSPS) is 11.0. The molecule has 1 rings (SSSR count). The van der Waals surface area contributed by atoms with Gasteiger partial charge >= 0.3 is 5.97 Å². The van der Waals surface area contributed by atoms with Gasteiger partial charge in [-0.3, -0.25) is 9.59 Å². The molecule has 1 aromatic rings. The predicted molar refractivity (Wildman–Crippen MR) is 84.8 cm³/mol. The summed E-state index contributed by atoms with van der Waals surface area (Å²) in [5, 5.41) is 8.78. The van der Waals surface area contributed by atoms with Crippen molar-refractivity contribution in [2.45, 2.75) is 52.9 Å². The molecule has 5 nitrogen and oxygen atoms in total. The summed E-state index contributed by atoms with van der Waals surface area (Å²) in [6, 6.07) is 7.21. The summed E-state index contributed by atoms with van der Waals surface area (Å²) in [6.07, 6.45) is 0.110. The van der Waals surface area contributed by atoms with Crippen molar-refractivity contribution in [1.29, 1.82) is 0 Å². The van der Waals surface area contributed by atoms with E-state index in [1.807, 2.05) is 39.8 Å². The third kappa shape index (κ3) is 5.85. The van der Waals surface area contributed by atoms with Crippen LogP contribution >= 0.6 is 0 Å². The number of benzene rings is 1. The number of amides is 1. The second-order valence-corrected chi connectivity index (χ2v) is 5.79. The maximum Gasteiger partial charge on any atom is 0.305 e. The molecule has 0 saturated heterocycles. The average molecular weight is 307 g/mol. The molecule has 0 bridgehead atoms. The van der Waals surface area contributed by atoms with Crippen LogP contribution in [0.25, 0.3) is 0 Å². The van der Waals surface area contributed by atoms with Crippen LogP contribution in [0, 0.1) is 0 Å². The Hall–Kier alpha value is -1.88. The van der Waals surface area contributed by atoms with Crippen LogP contribution in [0.4, 0.5) is 0 Å². The number of rotatable bonds is 8. The third-order valence-corrected chi connectivity index (χ3v) is 3.23. The minimum absolute atomic E-state index is 0.0456. The molecule has 0 aliphatic carbocycles. The molecular formula is C17H25NO4. The molecule has 1 N–H and O–H groups in total. The molecule has 122 valence electrons. The van der Waals surface area contributed by atoms with Crippen LogP contribution in [0.5, 0.6) is 0 Å². The van der Waals surface area contributed by atoms with E-state index in [-0.39, 0.29) is 31.0 Å². The van der Waals surface area contributed by atoms with Crippen LogP contribution in [-0.2, 0) is 16.1 Å². The van der Waals surface area contributed by atoms with Gasteiger partial charge in [-0.1, -0.05) is 12.1 Å². The van der Waals surface area contributed by atoms with Crippen LogP contribution in [-0.4, -0.2) is 40.6 Å². The van der Waals surface area contributed by atoms with Gasteiger partial charge in [0, 0.05) is 18.2 Å². The first kappa shape index (κ1) is 18.2. The molecule has 0 heterocycles. The van der Waals surface area contributed by atoms with Crippen molar-refractivity contribution in [2.75, 3.05) is 6.54 Å². The Kier molecular flexibility index (Phi) is 7.05. The summed E-state index contributed by atoms with van der Waals surface area (Å²) in [5.41, 5.74) is 1.57. The summed E-state index contributed by atoms with van der Waals surface area (Å²) in [7, 11) is 0. The molecule has 0 aliphatic rings. The Morgan fingerprint density at radius 2 is 1.73 bits per heavy atom. The fraction of sp³-hybridized carbons (Fsp3) is 0.529. The van der Waals surface area contributed by atoms with Crippen molar-refractivity contribution >= 4 is 11.9 Å². The number of carbonyl (C=O) groups excluding carboxylic acids is 1. The van der Waals surface area contributed by atoms with E-state index in [2.05, 4.69) is 0 Å². The van der Waals surface area contributed by atoms with Crippen molar-refractivity contribution in [3.05, 3.63) is 35.4 Å².